The maximum absolute atomic E-state index is 15.5. The molecule has 2 aromatic carbocycles. The third kappa shape index (κ3) is 9.59. The van der Waals surface area contributed by atoms with Gasteiger partial charge in [0.25, 0.3) is 0 Å². The Hall–Kier alpha value is -4.33. The van der Waals surface area contributed by atoms with Crippen LogP contribution in [0.4, 0.5) is 14.0 Å². The van der Waals surface area contributed by atoms with E-state index in [1.165, 1.54) is 11.0 Å². The molecule has 2 aliphatic heterocycles. The van der Waals surface area contributed by atoms with Gasteiger partial charge in [-0.2, -0.15) is 5.26 Å². The van der Waals surface area contributed by atoms with E-state index in [1.807, 2.05) is 38.1 Å². The molecule has 2 heterocycles. The van der Waals surface area contributed by atoms with Gasteiger partial charge in [0.05, 0.1) is 18.8 Å². The van der Waals surface area contributed by atoms with Crippen LogP contribution in [0.15, 0.2) is 42.5 Å². The lowest BCUT2D eigenvalue weighted by Crippen LogP contribution is -2.51. The summed E-state index contributed by atoms with van der Waals surface area (Å²) in [5.74, 6) is 0.0903. The van der Waals surface area contributed by atoms with E-state index in [0.717, 1.165) is 18.4 Å². The number of rotatable bonds is 9. The van der Waals surface area contributed by atoms with Crippen LogP contribution < -0.4 is 10.1 Å². The summed E-state index contributed by atoms with van der Waals surface area (Å²) in [7, 11) is 0. The average Bonchev–Trinajstić information content (AvgIpc) is 3.48. The first-order valence-electron chi connectivity index (χ1n) is 16.0. The molecule has 0 spiro atoms. The van der Waals surface area contributed by atoms with Crippen LogP contribution in [0.5, 0.6) is 5.75 Å². The first-order valence-corrected chi connectivity index (χ1v) is 16.0. The molecule has 0 aliphatic carbocycles. The van der Waals surface area contributed by atoms with Gasteiger partial charge < -0.3 is 29.3 Å². The molecule has 0 saturated carbocycles. The maximum Gasteiger partial charge on any atom is 0.410 e. The summed E-state index contributed by atoms with van der Waals surface area (Å²) in [5.41, 5.74) is 0.925. The van der Waals surface area contributed by atoms with E-state index in [1.54, 1.807) is 37.8 Å². The van der Waals surface area contributed by atoms with Crippen LogP contribution in [0.2, 0.25) is 0 Å². The third-order valence-corrected chi connectivity index (χ3v) is 8.03. The fraction of sp³-hybridized carbons (Fsp3) is 0.543. The summed E-state index contributed by atoms with van der Waals surface area (Å²) < 4.78 is 32.1. The zero-order valence-electron chi connectivity index (χ0n) is 27.4. The highest BCUT2D eigenvalue weighted by Gasteiger charge is 2.35. The second-order valence-corrected chi connectivity index (χ2v) is 13.2. The summed E-state index contributed by atoms with van der Waals surface area (Å²) in [6.07, 6.45) is 1.65. The predicted molar refractivity (Wildman–Crippen MR) is 170 cm³/mol. The molecular formula is C35H45FN4O6. The molecule has 11 heteroatoms. The van der Waals surface area contributed by atoms with E-state index in [9.17, 15) is 19.6 Å². The van der Waals surface area contributed by atoms with Gasteiger partial charge in [0.1, 0.15) is 29.3 Å². The molecule has 10 nitrogen and oxygen atoms in total. The van der Waals surface area contributed by atoms with Crippen molar-refractivity contribution in [3.63, 3.8) is 0 Å². The molecule has 2 aliphatic rings. The van der Waals surface area contributed by atoms with Crippen LogP contribution in [0.1, 0.15) is 65.9 Å². The largest absolute Gasteiger partial charge is 0.493 e. The number of hydrogen-bond acceptors (Lipinski definition) is 7. The van der Waals surface area contributed by atoms with Crippen molar-refractivity contribution in [3.8, 4) is 22.9 Å². The van der Waals surface area contributed by atoms with Crippen molar-refractivity contribution >= 4 is 18.1 Å². The Morgan fingerprint density at radius 2 is 1.70 bits per heavy atom. The molecule has 4 rings (SSSR count). The minimum Gasteiger partial charge on any atom is -0.493 e. The Morgan fingerprint density at radius 1 is 1.02 bits per heavy atom. The Balaban J connectivity index is 1.37. The van der Waals surface area contributed by atoms with Crippen molar-refractivity contribution in [1.82, 2.24) is 15.1 Å². The lowest BCUT2D eigenvalue weighted by Gasteiger charge is -2.31. The number of hydrogen-bond donors (Lipinski definition) is 1. The Kier molecular flexibility index (Phi) is 11.5. The fourth-order valence-electron chi connectivity index (χ4n) is 5.64. The molecule has 0 bridgehead atoms. The Labute approximate surface area is 270 Å². The van der Waals surface area contributed by atoms with E-state index in [4.69, 9.17) is 14.2 Å². The molecular weight excluding hydrogens is 591 g/mol. The van der Waals surface area contributed by atoms with Gasteiger partial charge in [0, 0.05) is 26.1 Å². The quantitative estimate of drug-likeness (QED) is 0.354. The molecule has 3 amide bonds. The molecule has 0 aromatic heterocycles. The van der Waals surface area contributed by atoms with Crippen LogP contribution in [-0.2, 0) is 20.7 Å². The standard InChI is InChI=1S/C35H45FN4O6/c1-23(2)45-34(43)39-17-14-24(15-18-39)22-44-29-12-10-25(11-13-29)26-8-9-27(30(36)19-26)20-31(38-33(42)46-35(3,4)5)32(41)40-16-6-7-28(40)21-37/h8-13,19,23-24,28,31H,6-7,14-18,20,22H2,1-5H3,(H,38,42)/t28-,31-/m0/s1. The van der Waals surface area contributed by atoms with Crippen LogP contribution in [0.25, 0.3) is 11.1 Å². The highest BCUT2D eigenvalue weighted by molar-refractivity contribution is 5.87. The lowest BCUT2D eigenvalue weighted by molar-refractivity contribution is -0.133. The summed E-state index contributed by atoms with van der Waals surface area (Å²) in [4.78, 5) is 41.3. The molecule has 248 valence electrons. The SMILES string of the molecule is CC(C)OC(=O)N1CCC(COc2ccc(-c3ccc(C[C@H](NC(=O)OC(C)(C)C)C(=O)N4CCC[C@H]4C#N)c(F)c3)cc2)CC1. The number of nitrogens with zero attached hydrogens (tertiary/aromatic N) is 3. The number of ether oxygens (including phenoxy) is 3. The van der Waals surface area contributed by atoms with E-state index in [-0.39, 0.29) is 24.2 Å². The zero-order valence-corrected chi connectivity index (χ0v) is 27.4. The number of halogens is 1. The molecule has 2 aromatic rings. The Bertz CT molecular complexity index is 1410. The monoisotopic (exact) mass is 636 g/mol. The first kappa shape index (κ1) is 34.5. The number of carbonyl (C=O) groups excluding carboxylic acids is 3. The number of alkyl carbamates (subject to hydrolysis) is 1. The van der Waals surface area contributed by atoms with Crippen molar-refractivity contribution in [2.75, 3.05) is 26.2 Å². The number of nitriles is 1. The van der Waals surface area contributed by atoms with Crippen LogP contribution in [0.3, 0.4) is 0 Å². The van der Waals surface area contributed by atoms with Crippen LogP contribution >= 0.6 is 0 Å². The number of nitrogens with one attached hydrogen (secondary N) is 1. The number of benzene rings is 2. The van der Waals surface area contributed by atoms with Gasteiger partial charge in [-0.05, 0) is 101 Å². The van der Waals surface area contributed by atoms with E-state index in [2.05, 4.69) is 11.4 Å². The topological polar surface area (TPSA) is 121 Å². The van der Waals surface area contributed by atoms with Crippen LogP contribution in [-0.4, -0.2) is 77.9 Å². The predicted octanol–water partition coefficient (Wildman–Crippen LogP) is 6.08. The van der Waals surface area contributed by atoms with Gasteiger partial charge in [-0.25, -0.2) is 14.0 Å². The minimum absolute atomic E-state index is 0.0938. The van der Waals surface area contributed by atoms with Crippen molar-refractivity contribution in [3.05, 3.63) is 53.8 Å². The third-order valence-electron chi connectivity index (χ3n) is 8.03. The molecule has 2 saturated heterocycles. The van der Waals surface area contributed by atoms with Gasteiger partial charge in [0.15, 0.2) is 0 Å². The number of piperidine rings is 1. The van der Waals surface area contributed by atoms with E-state index in [0.29, 0.717) is 56.3 Å². The summed E-state index contributed by atoms with van der Waals surface area (Å²) in [6.45, 7) is 11.0. The van der Waals surface area contributed by atoms with Gasteiger partial charge >= 0.3 is 12.2 Å². The maximum atomic E-state index is 15.5. The smallest absolute Gasteiger partial charge is 0.410 e. The molecule has 0 unspecified atom stereocenters. The van der Waals surface area contributed by atoms with E-state index < -0.39 is 35.5 Å². The van der Waals surface area contributed by atoms with Gasteiger partial charge in [-0.15, -0.1) is 0 Å². The first-order chi connectivity index (χ1) is 21.8. The highest BCUT2D eigenvalue weighted by atomic mass is 19.1. The van der Waals surface area contributed by atoms with Crippen molar-refractivity contribution in [1.29, 1.82) is 5.26 Å². The molecule has 2 atom stereocenters. The molecule has 46 heavy (non-hydrogen) atoms. The van der Waals surface area contributed by atoms with Gasteiger partial charge in [-0.1, -0.05) is 24.3 Å². The molecule has 0 radical (unpaired) electrons. The molecule has 2 fully saturated rings. The van der Waals surface area contributed by atoms with Gasteiger partial charge in [-0.3, -0.25) is 4.79 Å². The number of amides is 3. The Morgan fingerprint density at radius 3 is 2.30 bits per heavy atom. The second kappa shape index (κ2) is 15.3. The van der Waals surface area contributed by atoms with Gasteiger partial charge in [0.2, 0.25) is 5.91 Å². The van der Waals surface area contributed by atoms with Crippen molar-refractivity contribution in [2.45, 2.75) is 90.5 Å². The van der Waals surface area contributed by atoms with Crippen molar-refractivity contribution < 1.29 is 33.0 Å². The normalized spacial score (nSPS) is 17.7. The summed E-state index contributed by atoms with van der Waals surface area (Å²) in [5, 5.41) is 12.1. The number of likely N-dealkylation sites (tertiary alicyclic amines) is 2. The van der Waals surface area contributed by atoms with E-state index >= 15 is 4.39 Å². The number of carbonyl (C=O) groups is 3. The lowest BCUT2D eigenvalue weighted by atomic mass is 9.98. The molecule has 1 N–H and O–H groups in total. The van der Waals surface area contributed by atoms with Crippen molar-refractivity contribution in [2.24, 2.45) is 5.92 Å². The average molecular weight is 637 g/mol. The zero-order chi connectivity index (χ0) is 33.4. The second-order valence-electron chi connectivity index (χ2n) is 13.2. The summed E-state index contributed by atoms with van der Waals surface area (Å²) >= 11 is 0. The fourth-order valence-corrected chi connectivity index (χ4v) is 5.64. The highest BCUT2D eigenvalue weighted by Crippen LogP contribution is 2.27. The van der Waals surface area contributed by atoms with Crippen LogP contribution in [0, 0.1) is 23.1 Å². The summed E-state index contributed by atoms with van der Waals surface area (Å²) in [6, 6.07) is 12.7. The minimum atomic E-state index is -1.10.